The van der Waals surface area contributed by atoms with Crippen LogP contribution < -0.4 is 21.0 Å². The Morgan fingerprint density at radius 1 is 0.895 bits per heavy atom. The molecule has 3 aromatic heterocycles. The quantitative estimate of drug-likeness (QED) is 0.212. The molecule has 186 valence electrons. The van der Waals surface area contributed by atoms with Crippen LogP contribution in [0.1, 0.15) is 59.7 Å². The Balaban J connectivity index is 1.51. The molecule has 3 nitrogen and oxygen atoms in total. The molecule has 8 rings (SSSR count). The average Bonchev–Trinajstić information content (AvgIpc) is 3.39. The lowest BCUT2D eigenvalue weighted by molar-refractivity contribution is -0.647. The molecule has 0 amide bonds. The first-order chi connectivity index (χ1) is 18.2. The number of fused-ring (bicyclic) bond motifs is 9. The molecule has 0 atom stereocenters. The Hall–Kier alpha value is -3.44. The second-order valence-electron chi connectivity index (χ2n) is 12.4. The molecule has 6 aromatic rings. The largest absolute Gasteiger partial charge is 0.315 e. The second kappa shape index (κ2) is 7.36. The number of aromatic nitrogens is 3. The van der Waals surface area contributed by atoms with Gasteiger partial charge in [0.15, 0.2) is 11.0 Å². The first-order valence-corrected chi connectivity index (χ1v) is 14.5. The van der Waals surface area contributed by atoms with Gasteiger partial charge in [-0.2, -0.15) is 9.38 Å². The van der Waals surface area contributed by atoms with Crippen LogP contribution in [0.15, 0.2) is 54.7 Å². The Labute approximate surface area is 227 Å². The third-order valence-corrected chi connectivity index (χ3v) is 10.1. The number of benzene rings is 3. The van der Waals surface area contributed by atoms with Crippen molar-refractivity contribution in [2.45, 2.75) is 52.9 Å². The number of rotatable bonds is 0. The number of hydrogen-bond donors (Lipinski definition) is 0. The van der Waals surface area contributed by atoms with Crippen LogP contribution >= 0.6 is 11.3 Å². The van der Waals surface area contributed by atoms with E-state index in [2.05, 4.69) is 105 Å². The second-order valence-corrected chi connectivity index (χ2v) is 13.4. The summed E-state index contributed by atoms with van der Waals surface area (Å²) >= 11 is 1.84. The molecule has 0 unspecified atom stereocenters. The van der Waals surface area contributed by atoms with Crippen molar-refractivity contribution in [3.63, 3.8) is 0 Å². The summed E-state index contributed by atoms with van der Waals surface area (Å²) in [6.45, 7) is 11.8. The summed E-state index contributed by atoms with van der Waals surface area (Å²) in [6.07, 6.45) is 4.25. The van der Waals surface area contributed by atoms with E-state index in [1.165, 1.54) is 65.7 Å². The lowest BCUT2D eigenvalue weighted by atomic mass is 9.29. The van der Waals surface area contributed by atoms with Gasteiger partial charge >= 0.3 is 5.65 Å². The minimum atomic E-state index is 0.0317. The highest BCUT2D eigenvalue weighted by Gasteiger charge is 2.40. The van der Waals surface area contributed by atoms with E-state index < -0.39 is 0 Å². The van der Waals surface area contributed by atoms with Gasteiger partial charge in [-0.05, 0) is 77.6 Å². The molecule has 5 heteroatoms. The standard InChI is InChI=1S/C33H31BN3S/c1-18-9-7-10-20-15-21-11-8-12-22-16-23-17-25-30(19(2)27(23)34(26(18)20)28(21)22)37-31-29(35-32(37)38-25)24(33(3,4)5)13-14-36(31)6/h7-14,17H,15-16H2,1-6H3/q+1. The number of pyridine rings is 1. The highest BCUT2D eigenvalue weighted by Crippen LogP contribution is 2.36. The Morgan fingerprint density at radius 3 is 2.32 bits per heavy atom. The van der Waals surface area contributed by atoms with Gasteiger partial charge in [-0.3, -0.25) is 0 Å². The van der Waals surface area contributed by atoms with Gasteiger partial charge in [0.1, 0.15) is 0 Å². The fraction of sp³-hybridized carbons (Fsp3) is 0.273. The van der Waals surface area contributed by atoms with E-state index >= 15 is 0 Å². The minimum Gasteiger partial charge on any atom is -0.235 e. The van der Waals surface area contributed by atoms with Crippen molar-refractivity contribution >= 4 is 60.8 Å². The molecule has 0 radical (unpaired) electrons. The summed E-state index contributed by atoms with van der Waals surface area (Å²) in [5.74, 6) is 0. The molecule has 0 saturated heterocycles. The van der Waals surface area contributed by atoms with Crippen LogP contribution in [-0.4, -0.2) is 16.1 Å². The smallest absolute Gasteiger partial charge is 0.235 e. The summed E-state index contributed by atoms with van der Waals surface area (Å²) in [5.41, 5.74) is 18.4. The summed E-state index contributed by atoms with van der Waals surface area (Å²) in [6, 6.07) is 18.6. The molecule has 0 fully saturated rings. The van der Waals surface area contributed by atoms with Gasteiger partial charge in [-0.1, -0.05) is 90.5 Å². The fourth-order valence-electron chi connectivity index (χ4n) is 7.47. The summed E-state index contributed by atoms with van der Waals surface area (Å²) in [5, 5.41) is 0. The maximum atomic E-state index is 5.26. The van der Waals surface area contributed by atoms with Gasteiger partial charge in [0.2, 0.25) is 6.71 Å². The minimum absolute atomic E-state index is 0.0317. The number of thiazole rings is 1. The lowest BCUT2D eigenvalue weighted by Gasteiger charge is -2.35. The Morgan fingerprint density at radius 2 is 1.58 bits per heavy atom. The molecule has 5 heterocycles. The summed E-state index contributed by atoms with van der Waals surface area (Å²) in [7, 11) is 2.16. The molecule has 38 heavy (non-hydrogen) atoms. The van der Waals surface area contributed by atoms with E-state index in [1.807, 2.05) is 11.3 Å². The van der Waals surface area contributed by atoms with E-state index in [4.69, 9.17) is 4.98 Å². The van der Waals surface area contributed by atoms with E-state index in [0.717, 1.165) is 23.3 Å². The van der Waals surface area contributed by atoms with Gasteiger partial charge in [0.25, 0.3) is 4.96 Å². The monoisotopic (exact) mass is 512 g/mol. The molecule has 3 aromatic carbocycles. The van der Waals surface area contributed by atoms with Crippen LogP contribution in [0.5, 0.6) is 0 Å². The predicted octanol–water partition coefficient (Wildman–Crippen LogP) is 4.77. The molecular weight excluding hydrogens is 481 g/mol. The Kier molecular flexibility index (Phi) is 4.36. The number of imidazole rings is 1. The van der Waals surface area contributed by atoms with Gasteiger partial charge in [0, 0.05) is 0 Å². The number of aryl methyl sites for hydroxylation is 3. The maximum absolute atomic E-state index is 5.26. The van der Waals surface area contributed by atoms with Crippen LogP contribution in [0.2, 0.25) is 0 Å². The molecule has 0 aliphatic carbocycles. The van der Waals surface area contributed by atoms with Crippen LogP contribution in [0.3, 0.4) is 0 Å². The van der Waals surface area contributed by atoms with Crippen molar-refractivity contribution in [3.8, 4) is 0 Å². The first kappa shape index (κ1) is 22.5. The normalized spacial score (nSPS) is 14.3. The van der Waals surface area contributed by atoms with Crippen molar-refractivity contribution in [1.82, 2.24) is 9.38 Å². The number of nitrogens with zero attached hydrogens (tertiary/aromatic N) is 3. The average molecular weight is 513 g/mol. The Bertz CT molecular complexity index is 1990. The molecular formula is C33H31BN3S+. The third-order valence-electron chi connectivity index (χ3n) is 9.08. The zero-order valence-corrected chi connectivity index (χ0v) is 23.8. The van der Waals surface area contributed by atoms with Gasteiger partial charge in [0.05, 0.1) is 17.9 Å². The van der Waals surface area contributed by atoms with Crippen molar-refractivity contribution in [2.24, 2.45) is 7.05 Å². The van der Waals surface area contributed by atoms with Crippen molar-refractivity contribution < 1.29 is 4.57 Å². The van der Waals surface area contributed by atoms with Gasteiger partial charge in [-0.25, -0.2) is 4.57 Å². The van der Waals surface area contributed by atoms with Crippen LogP contribution in [0.4, 0.5) is 0 Å². The molecule has 2 aliphatic heterocycles. The first-order valence-electron chi connectivity index (χ1n) is 13.7. The topological polar surface area (TPSA) is 21.2 Å². The van der Waals surface area contributed by atoms with E-state index in [1.54, 1.807) is 5.46 Å². The van der Waals surface area contributed by atoms with Gasteiger partial charge in [-0.15, -0.1) is 0 Å². The highest BCUT2D eigenvalue weighted by molar-refractivity contribution is 7.23. The van der Waals surface area contributed by atoms with Crippen molar-refractivity contribution in [3.05, 3.63) is 93.7 Å². The van der Waals surface area contributed by atoms with Crippen LogP contribution in [0.25, 0.3) is 26.3 Å². The molecule has 0 bridgehead atoms. The molecule has 2 aliphatic rings. The fourth-order valence-corrected chi connectivity index (χ4v) is 8.61. The molecule has 0 saturated carbocycles. The number of hydrogen-bond acceptors (Lipinski definition) is 2. The maximum Gasteiger partial charge on any atom is 0.315 e. The van der Waals surface area contributed by atoms with E-state index in [9.17, 15) is 0 Å². The molecule has 0 spiro atoms. The zero-order valence-electron chi connectivity index (χ0n) is 22.9. The van der Waals surface area contributed by atoms with E-state index in [-0.39, 0.29) is 5.41 Å². The predicted molar refractivity (Wildman–Crippen MR) is 161 cm³/mol. The molecule has 0 N–H and O–H groups in total. The lowest BCUT2D eigenvalue weighted by Crippen LogP contribution is -2.62. The SMILES string of the molecule is Cc1cccc2c1B1c3c(cccc3Cc3cc4sc5nc6c(C(C)(C)C)cc[n+](C)c6n5c4c(C)c31)C2. The van der Waals surface area contributed by atoms with E-state index in [0.29, 0.717) is 6.71 Å². The third kappa shape index (κ3) is 2.80. The van der Waals surface area contributed by atoms with Crippen molar-refractivity contribution in [1.29, 1.82) is 0 Å². The summed E-state index contributed by atoms with van der Waals surface area (Å²) < 4.78 is 6.04. The van der Waals surface area contributed by atoms with Gasteiger partial charge < -0.3 is 0 Å². The highest BCUT2D eigenvalue weighted by atomic mass is 32.1. The van der Waals surface area contributed by atoms with Crippen LogP contribution in [-0.2, 0) is 25.3 Å². The van der Waals surface area contributed by atoms with Crippen LogP contribution in [0, 0.1) is 13.8 Å². The summed E-state index contributed by atoms with van der Waals surface area (Å²) in [4.78, 5) is 6.35. The zero-order chi connectivity index (χ0) is 26.1. The van der Waals surface area contributed by atoms with Crippen molar-refractivity contribution in [2.75, 3.05) is 0 Å².